The van der Waals surface area contributed by atoms with E-state index in [1.807, 2.05) is 18.2 Å². The van der Waals surface area contributed by atoms with Crippen LogP contribution in [0.1, 0.15) is 17.3 Å². The van der Waals surface area contributed by atoms with Crippen LogP contribution in [0.5, 0.6) is 0 Å². The number of nitro groups is 1. The van der Waals surface area contributed by atoms with Gasteiger partial charge in [0.1, 0.15) is 18.3 Å². The molecule has 32 heavy (non-hydrogen) atoms. The molecule has 1 amide bonds. The molecular weight excluding hydrogens is 410 g/mol. The lowest BCUT2D eigenvalue weighted by atomic mass is 10.1. The summed E-state index contributed by atoms with van der Waals surface area (Å²) in [6.07, 6.45) is 2.67. The average molecular weight is 435 g/mol. The van der Waals surface area contributed by atoms with Gasteiger partial charge >= 0.3 is 0 Å². The molecule has 2 heterocycles. The van der Waals surface area contributed by atoms with Gasteiger partial charge in [-0.2, -0.15) is 5.10 Å². The number of hydrogen-bond donors (Lipinski definition) is 1. The van der Waals surface area contributed by atoms with Crippen molar-refractivity contribution in [2.75, 3.05) is 37.6 Å². The van der Waals surface area contributed by atoms with E-state index in [0.717, 1.165) is 26.2 Å². The first kappa shape index (κ1) is 21.4. The van der Waals surface area contributed by atoms with E-state index in [-0.39, 0.29) is 28.9 Å². The molecule has 1 aliphatic heterocycles. The Morgan fingerprint density at radius 3 is 2.56 bits per heavy atom. The second-order valence-corrected chi connectivity index (χ2v) is 7.72. The first-order valence-corrected chi connectivity index (χ1v) is 10.5. The summed E-state index contributed by atoms with van der Waals surface area (Å²) in [5.74, 6) is -0.340. The van der Waals surface area contributed by atoms with Crippen molar-refractivity contribution in [1.82, 2.24) is 25.0 Å². The second-order valence-electron chi connectivity index (χ2n) is 7.72. The number of rotatable bonds is 7. The first-order valence-electron chi connectivity index (χ1n) is 10.5. The molecule has 0 bridgehead atoms. The molecule has 10 nitrogen and oxygen atoms in total. The van der Waals surface area contributed by atoms with Crippen molar-refractivity contribution in [3.63, 3.8) is 0 Å². The van der Waals surface area contributed by atoms with Crippen LogP contribution in [0.15, 0.2) is 61.2 Å². The highest BCUT2D eigenvalue weighted by molar-refractivity contribution is 5.95. The predicted molar refractivity (Wildman–Crippen MR) is 120 cm³/mol. The predicted octanol–water partition coefficient (Wildman–Crippen LogP) is 2.12. The Morgan fingerprint density at radius 1 is 1.16 bits per heavy atom. The van der Waals surface area contributed by atoms with E-state index >= 15 is 0 Å². The van der Waals surface area contributed by atoms with Crippen molar-refractivity contribution in [3.8, 4) is 5.69 Å². The molecule has 1 aliphatic rings. The first-order chi connectivity index (χ1) is 15.5. The summed E-state index contributed by atoms with van der Waals surface area (Å²) in [5.41, 5.74) is 1.52. The lowest BCUT2D eigenvalue weighted by Crippen LogP contribution is -2.52. The zero-order valence-electron chi connectivity index (χ0n) is 17.8. The summed E-state index contributed by atoms with van der Waals surface area (Å²) in [7, 11) is 0. The van der Waals surface area contributed by atoms with Crippen LogP contribution < -0.4 is 10.2 Å². The quantitative estimate of drug-likeness (QED) is 0.447. The third-order valence-electron chi connectivity index (χ3n) is 5.72. The number of hydrogen-bond acceptors (Lipinski definition) is 7. The van der Waals surface area contributed by atoms with Crippen LogP contribution in [0.4, 0.5) is 11.4 Å². The van der Waals surface area contributed by atoms with Gasteiger partial charge in [0.2, 0.25) is 0 Å². The number of carbonyl (C=O) groups is 1. The van der Waals surface area contributed by atoms with E-state index < -0.39 is 4.92 Å². The Kier molecular flexibility index (Phi) is 6.41. The van der Waals surface area contributed by atoms with Crippen molar-refractivity contribution in [1.29, 1.82) is 0 Å². The van der Waals surface area contributed by atoms with Gasteiger partial charge in [0, 0.05) is 56.1 Å². The number of piperazine rings is 1. The Bertz CT molecular complexity index is 1060. The highest BCUT2D eigenvalue weighted by atomic mass is 16.6. The van der Waals surface area contributed by atoms with Crippen LogP contribution in [-0.2, 0) is 0 Å². The largest absolute Gasteiger partial charge is 0.369 e. The Morgan fingerprint density at radius 2 is 1.91 bits per heavy atom. The number of nitro benzene ring substituents is 1. The maximum atomic E-state index is 12.6. The number of amides is 1. The number of nitrogens with one attached hydrogen (secondary N) is 1. The summed E-state index contributed by atoms with van der Waals surface area (Å²) >= 11 is 0. The molecule has 166 valence electrons. The van der Waals surface area contributed by atoms with Gasteiger partial charge in [-0.15, -0.1) is 0 Å². The summed E-state index contributed by atoms with van der Waals surface area (Å²) < 4.78 is 1.30. The number of aromatic nitrogens is 3. The van der Waals surface area contributed by atoms with Crippen molar-refractivity contribution < 1.29 is 9.72 Å². The van der Waals surface area contributed by atoms with Gasteiger partial charge in [0.15, 0.2) is 0 Å². The van der Waals surface area contributed by atoms with Crippen LogP contribution >= 0.6 is 0 Å². The van der Waals surface area contributed by atoms with Crippen molar-refractivity contribution in [3.05, 3.63) is 76.9 Å². The molecule has 0 radical (unpaired) electrons. The minimum Gasteiger partial charge on any atom is -0.369 e. The molecule has 0 saturated carbocycles. The lowest BCUT2D eigenvalue weighted by molar-refractivity contribution is -0.384. The molecule has 1 aromatic heterocycles. The number of nitrogens with zero attached hydrogens (tertiary/aromatic N) is 6. The minimum absolute atomic E-state index is 0.154. The monoisotopic (exact) mass is 435 g/mol. The van der Waals surface area contributed by atoms with Crippen molar-refractivity contribution in [2.24, 2.45) is 0 Å². The molecule has 1 unspecified atom stereocenters. The van der Waals surface area contributed by atoms with Crippen molar-refractivity contribution in [2.45, 2.75) is 13.0 Å². The van der Waals surface area contributed by atoms with Gasteiger partial charge in [-0.05, 0) is 31.2 Å². The number of benzene rings is 2. The highest BCUT2D eigenvalue weighted by Crippen LogP contribution is 2.23. The molecule has 1 atom stereocenters. The van der Waals surface area contributed by atoms with E-state index in [4.69, 9.17) is 0 Å². The fourth-order valence-corrected chi connectivity index (χ4v) is 3.87. The fraction of sp³-hybridized carbons (Fsp3) is 0.318. The van der Waals surface area contributed by atoms with Crippen molar-refractivity contribution >= 4 is 17.3 Å². The molecular formula is C22H25N7O3. The van der Waals surface area contributed by atoms with Gasteiger partial charge in [-0.25, -0.2) is 9.67 Å². The summed E-state index contributed by atoms with van der Waals surface area (Å²) in [6.45, 7) is 6.21. The van der Waals surface area contributed by atoms with Crippen LogP contribution in [-0.4, -0.2) is 69.3 Å². The third-order valence-corrected chi connectivity index (χ3v) is 5.72. The topological polar surface area (TPSA) is 109 Å². The molecule has 1 N–H and O–H groups in total. The van der Waals surface area contributed by atoms with Crippen LogP contribution in [0.2, 0.25) is 0 Å². The maximum absolute atomic E-state index is 12.6. The number of anilines is 1. The maximum Gasteiger partial charge on any atom is 0.295 e. The van der Waals surface area contributed by atoms with Crippen LogP contribution in [0.3, 0.4) is 0 Å². The highest BCUT2D eigenvalue weighted by Gasteiger charge is 2.23. The van der Waals surface area contributed by atoms with Crippen LogP contribution in [0.25, 0.3) is 5.69 Å². The molecule has 4 rings (SSSR count). The van der Waals surface area contributed by atoms with E-state index in [1.54, 1.807) is 6.07 Å². The van der Waals surface area contributed by atoms with E-state index in [2.05, 4.69) is 44.3 Å². The molecule has 1 saturated heterocycles. The van der Waals surface area contributed by atoms with Gasteiger partial charge < -0.3 is 10.2 Å². The zero-order chi connectivity index (χ0) is 22.5. The second kappa shape index (κ2) is 9.56. The van der Waals surface area contributed by atoms with Gasteiger partial charge in [-0.1, -0.05) is 18.2 Å². The molecule has 1 fully saturated rings. The Balaban J connectivity index is 1.33. The minimum atomic E-state index is -0.525. The normalized spacial score (nSPS) is 15.3. The Hall–Kier alpha value is -3.79. The third kappa shape index (κ3) is 4.75. The lowest BCUT2D eigenvalue weighted by Gasteiger charge is -2.39. The molecule has 10 heteroatoms. The van der Waals surface area contributed by atoms with E-state index in [0.29, 0.717) is 6.54 Å². The summed E-state index contributed by atoms with van der Waals surface area (Å²) in [6, 6.07) is 14.8. The molecule has 3 aromatic rings. The summed E-state index contributed by atoms with van der Waals surface area (Å²) in [5, 5.41) is 18.3. The smallest absolute Gasteiger partial charge is 0.295 e. The number of para-hydroxylation sites is 1. The SMILES string of the molecule is CC(CNC(=O)c1ccc(-n2cncn2)c([N+](=O)[O-])c1)N1CCN(c2ccccc2)CC1. The zero-order valence-corrected chi connectivity index (χ0v) is 17.8. The van der Waals surface area contributed by atoms with Crippen LogP contribution in [0, 0.1) is 10.1 Å². The molecule has 2 aromatic carbocycles. The van der Waals surface area contributed by atoms with Gasteiger partial charge in [0.25, 0.3) is 11.6 Å². The number of carbonyl (C=O) groups excluding carboxylic acids is 1. The average Bonchev–Trinajstić information content (AvgIpc) is 3.37. The molecule has 0 aliphatic carbocycles. The van der Waals surface area contributed by atoms with E-state index in [1.165, 1.54) is 35.2 Å². The fourth-order valence-electron chi connectivity index (χ4n) is 3.87. The Labute approximate surface area is 185 Å². The molecule has 0 spiro atoms. The van der Waals surface area contributed by atoms with E-state index in [9.17, 15) is 14.9 Å². The summed E-state index contributed by atoms with van der Waals surface area (Å²) in [4.78, 5) is 32.1. The standard InChI is InChI=1S/C22H25N7O3/c1-17(26-9-11-27(12-10-26)19-5-3-2-4-6-19)14-24-22(30)18-7-8-20(21(13-18)29(31)32)28-16-23-15-25-28/h2-8,13,15-17H,9-12,14H2,1H3,(H,24,30). The van der Waals surface area contributed by atoms with Gasteiger partial charge in [-0.3, -0.25) is 19.8 Å². The van der Waals surface area contributed by atoms with Gasteiger partial charge in [0.05, 0.1) is 4.92 Å².